The van der Waals surface area contributed by atoms with Crippen molar-refractivity contribution in [3.8, 4) is 0 Å². The van der Waals surface area contributed by atoms with Crippen molar-refractivity contribution in [3.05, 3.63) is 0 Å². The molecule has 0 fully saturated rings. The highest BCUT2D eigenvalue weighted by molar-refractivity contribution is 5.66. The van der Waals surface area contributed by atoms with Gasteiger partial charge in [-0.2, -0.15) is 0 Å². The fourth-order valence-corrected chi connectivity index (χ4v) is 0.690. The number of carboxylic acids is 1. The molecule has 0 saturated carbocycles. The number of unbranched alkanes of at least 4 members (excludes halogenated alkanes) is 3. The molecule has 0 aliphatic heterocycles. The summed E-state index contributed by atoms with van der Waals surface area (Å²) in [7, 11) is 0. The Hall–Kier alpha value is -0.570. The summed E-state index contributed by atoms with van der Waals surface area (Å²) in [4.78, 5) is 9.76. The Bertz CT molecular complexity index is 98.3. The molecule has 2 N–H and O–H groups in total. The Balaban J connectivity index is 0. The first-order chi connectivity index (χ1) is 6.18. The van der Waals surface area contributed by atoms with Gasteiger partial charge in [-0.15, -0.1) is 0 Å². The van der Waals surface area contributed by atoms with Gasteiger partial charge in [-0.1, -0.05) is 33.1 Å². The summed E-state index contributed by atoms with van der Waals surface area (Å²) in [5.74, 6) is -0.693. The first-order valence-corrected chi connectivity index (χ1v) is 5.01. The standard InChI is InChI=1S/C5H10O2.C5H12O/c1-2-3-4-5(6)7;1-2-3-4-5-6/h2-4H2,1H3,(H,6,7);6H,2-5H2,1H3. The van der Waals surface area contributed by atoms with E-state index in [4.69, 9.17) is 10.2 Å². The molecular weight excluding hydrogens is 168 g/mol. The van der Waals surface area contributed by atoms with Crippen molar-refractivity contribution in [1.82, 2.24) is 0 Å². The van der Waals surface area contributed by atoms with Gasteiger partial charge in [-0.25, -0.2) is 0 Å². The molecule has 0 atom stereocenters. The molecule has 80 valence electrons. The summed E-state index contributed by atoms with van der Waals surface area (Å²) in [5, 5.41) is 16.2. The van der Waals surface area contributed by atoms with Gasteiger partial charge >= 0.3 is 5.97 Å². The third kappa shape index (κ3) is 24.6. The van der Waals surface area contributed by atoms with E-state index in [2.05, 4.69) is 6.92 Å². The van der Waals surface area contributed by atoms with Crippen molar-refractivity contribution in [1.29, 1.82) is 0 Å². The fourth-order valence-electron chi connectivity index (χ4n) is 0.690. The van der Waals surface area contributed by atoms with Crippen LogP contribution in [0.1, 0.15) is 52.4 Å². The number of aliphatic carboxylic acids is 1. The van der Waals surface area contributed by atoms with Crippen LogP contribution in [-0.4, -0.2) is 22.8 Å². The normalized spacial score (nSPS) is 8.85. The Labute approximate surface area is 80.8 Å². The SMILES string of the molecule is CCCCC(=O)O.CCCCCO. The Morgan fingerprint density at radius 2 is 1.62 bits per heavy atom. The topological polar surface area (TPSA) is 57.5 Å². The number of aliphatic hydroxyl groups excluding tert-OH is 1. The second-order valence-electron chi connectivity index (χ2n) is 2.93. The number of hydrogen-bond acceptors (Lipinski definition) is 2. The van der Waals surface area contributed by atoms with Crippen LogP contribution in [0.15, 0.2) is 0 Å². The van der Waals surface area contributed by atoms with Crippen LogP contribution < -0.4 is 0 Å². The van der Waals surface area contributed by atoms with Crippen molar-refractivity contribution in [2.75, 3.05) is 6.61 Å². The maximum absolute atomic E-state index is 9.76. The molecule has 0 rings (SSSR count). The van der Waals surface area contributed by atoms with Crippen LogP contribution in [0.2, 0.25) is 0 Å². The zero-order chi connectivity index (χ0) is 10.5. The van der Waals surface area contributed by atoms with Crippen LogP contribution >= 0.6 is 0 Å². The number of rotatable bonds is 6. The number of aliphatic hydroxyl groups is 1. The minimum atomic E-state index is -0.693. The van der Waals surface area contributed by atoms with Gasteiger partial charge in [0.2, 0.25) is 0 Å². The van der Waals surface area contributed by atoms with Gasteiger partial charge in [0.15, 0.2) is 0 Å². The molecular formula is C10H22O3. The molecule has 0 aromatic rings. The highest BCUT2D eigenvalue weighted by Crippen LogP contribution is 1.91. The monoisotopic (exact) mass is 190 g/mol. The minimum Gasteiger partial charge on any atom is -0.481 e. The van der Waals surface area contributed by atoms with Gasteiger partial charge < -0.3 is 10.2 Å². The molecule has 0 aromatic carbocycles. The zero-order valence-electron chi connectivity index (χ0n) is 8.75. The Morgan fingerprint density at radius 3 is 1.77 bits per heavy atom. The largest absolute Gasteiger partial charge is 0.481 e. The molecule has 0 heterocycles. The molecule has 3 heteroatoms. The van der Waals surface area contributed by atoms with Crippen molar-refractivity contribution in [2.24, 2.45) is 0 Å². The van der Waals surface area contributed by atoms with Crippen molar-refractivity contribution < 1.29 is 15.0 Å². The fraction of sp³-hybridized carbons (Fsp3) is 0.900. The number of hydrogen-bond donors (Lipinski definition) is 2. The predicted octanol–water partition coefficient (Wildman–Crippen LogP) is 2.43. The molecule has 0 bridgehead atoms. The first kappa shape index (κ1) is 14.9. The molecule has 0 spiro atoms. The molecule has 0 aliphatic carbocycles. The lowest BCUT2D eigenvalue weighted by Gasteiger charge is -1.85. The van der Waals surface area contributed by atoms with Gasteiger partial charge in [-0.05, 0) is 12.8 Å². The van der Waals surface area contributed by atoms with E-state index in [-0.39, 0.29) is 0 Å². The van der Waals surface area contributed by atoms with E-state index in [0.29, 0.717) is 13.0 Å². The van der Waals surface area contributed by atoms with Gasteiger partial charge in [0.1, 0.15) is 0 Å². The molecule has 0 radical (unpaired) electrons. The second-order valence-corrected chi connectivity index (χ2v) is 2.93. The van der Waals surface area contributed by atoms with E-state index in [9.17, 15) is 4.79 Å². The van der Waals surface area contributed by atoms with E-state index in [1.165, 1.54) is 6.42 Å². The number of carbonyl (C=O) groups is 1. The molecule has 3 nitrogen and oxygen atoms in total. The van der Waals surface area contributed by atoms with E-state index in [1.54, 1.807) is 0 Å². The maximum Gasteiger partial charge on any atom is 0.303 e. The van der Waals surface area contributed by atoms with Crippen molar-refractivity contribution >= 4 is 5.97 Å². The van der Waals surface area contributed by atoms with Crippen LogP contribution in [-0.2, 0) is 4.79 Å². The van der Waals surface area contributed by atoms with Gasteiger partial charge in [0.05, 0.1) is 0 Å². The second kappa shape index (κ2) is 14.0. The number of carboxylic acid groups (broad SMARTS) is 1. The minimum absolute atomic E-state index is 0.316. The maximum atomic E-state index is 9.76. The summed E-state index contributed by atoms with van der Waals surface area (Å²) < 4.78 is 0. The van der Waals surface area contributed by atoms with Crippen LogP contribution in [0.4, 0.5) is 0 Å². The third-order valence-corrected chi connectivity index (χ3v) is 1.51. The quantitative estimate of drug-likeness (QED) is 0.632. The van der Waals surface area contributed by atoms with E-state index in [0.717, 1.165) is 25.7 Å². The summed E-state index contributed by atoms with van der Waals surface area (Å²) in [5.41, 5.74) is 0. The molecule has 0 unspecified atom stereocenters. The Kier molecular flexibility index (Phi) is 16.1. The van der Waals surface area contributed by atoms with Crippen LogP contribution in [0.5, 0.6) is 0 Å². The predicted molar refractivity (Wildman–Crippen MR) is 53.8 cm³/mol. The van der Waals surface area contributed by atoms with Crippen molar-refractivity contribution in [2.45, 2.75) is 52.4 Å². The van der Waals surface area contributed by atoms with Gasteiger partial charge in [0.25, 0.3) is 0 Å². The summed E-state index contributed by atoms with van der Waals surface area (Å²) >= 11 is 0. The van der Waals surface area contributed by atoms with Crippen LogP contribution in [0.25, 0.3) is 0 Å². The smallest absolute Gasteiger partial charge is 0.303 e. The molecule has 0 aromatic heterocycles. The zero-order valence-corrected chi connectivity index (χ0v) is 8.75. The lowest BCUT2D eigenvalue weighted by molar-refractivity contribution is -0.137. The summed E-state index contributed by atoms with van der Waals surface area (Å²) in [6.45, 7) is 4.45. The van der Waals surface area contributed by atoms with Crippen molar-refractivity contribution in [3.63, 3.8) is 0 Å². The van der Waals surface area contributed by atoms with Crippen LogP contribution in [0, 0.1) is 0 Å². The van der Waals surface area contributed by atoms with E-state index < -0.39 is 5.97 Å². The average Bonchev–Trinajstić information content (AvgIpc) is 2.12. The molecule has 13 heavy (non-hydrogen) atoms. The van der Waals surface area contributed by atoms with Crippen LogP contribution in [0.3, 0.4) is 0 Å². The highest BCUT2D eigenvalue weighted by atomic mass is 16.4. The van der Waals surface area contributed by atoms with Gasteiger partial charge in [0, 0.05) is 13.0 Å². The lowest BCUT2D eigenvalue weighted by Crippen LogP contribution is -1.91. The molecule has 0 aliphatic rings. The molecule has 0 amide bonds. The van der Waals surface area contributed by atoms with E-state index in [1.807, 2.05) is 6.92 Å². The summed E-state index contributed by atoms with van der Waals surface area (Å²) in [6.07, 6.45) is 5.41. The lowest BCUT2D eigenvalue weighted by atomic mass is 10.3. The van der Waals surface area contributed by atoms with E-state index >= 15 is 0 Å². The third-order valence-electron chi connectivity index (χ3n) is 1.51. The Morgan fingerprint density at radius 1 is 1.08 bits per heavy atom. The first-order valence-electron chi connectivity index (χ1n) is 5.01. The highest BCUT2D eigenvalue weighted by Gasteiger charge is 1.90. The average molecular weight is 190 g/mol. The summed E-state index contributed by atoms with van der Waals surface area (Å²) in [6, 6.07) is 0. The molecule has 0 saturated heterocycles. The van der Waals surface area contributed by atoms with Gasteiger partial charge in [-0.3, -0.25) is 4.79 Å².